The first kappa shape index (κ1) is 10.3. The van der Waals surface area contributed by atoms with E-state index in [1.54, 1.807) is 26.4 Å². The van der Waals surface area contributed by atoms with Crippen LogP contribution in [0.4, 0.5) is 11.6 Å². The molecule has 0 fully saturated rings. The van der Waals surface area contributed by atoms with Gasteiger partial charge in [0.25, 0.3) is 0 Å². The summed E-state index contributed by atoms with van der Waals surface area (Å²) in [4.78, 5) is 8.23. The summed E-state index contributed by atoms with van der Waals surface area (Å²) in [5, 5.41) is 0. The van der Waals surface area contributed by atoms with Gasteiger partial charge in [0, 0.05) is 12.1 Å². The highest BCUT2D eigenvalue weighted by atomic mass is 16.5. The Bertz CT molecular complexity index is 493. The van der Waals surface area contributed by atoms with Crippen molar-refractivity contribution in [2.24, 2.45) is 0 Å². The Morgan fingerprint density at radius 1 is 0.875 bits per heavy atom. The minimum atomic E-state index is 0.208. The molecule has 0 aliphatic rings. The molecule has 1 aromatic carbocycles. The van der Waals surface area contributed by atoms with Crippen molar-refractivity contribution in [3.63, 3.8) is 0 Å². The van der Waals surface area contributed by atoms with Gasteiger partial charge in [-0.05, 0) is 0 Å². The molecule has 0 saturated carbocycles. The van der Waals surface area contributed by atoms with Crippen LogP contribution in [0.2, 0.25) is 0 Å². The molecule has 1 heterocycles. The van der Waals surface area contributed by atoms with E-state index in [4.69, 9.17) is 20.9 Å². The number of nitrogen functional groups attached to an aromatic ring is 2. The monoisotopic (exact) mass is 220 g/mol. The summed E-state index contributed by atoms with van der Waals surface area (Å²) in [5.41, 5.74) is 12.4. The van der Waals surface area contributed by atoms with Crippen LogP contribution in [-0.2, 0) is 0 Å². The molecule has 0 radical (unpaired) electrons. The lowest BCUT2D eigenvalue weighted by Gasteiger charge is -2.09. The van der Waals surface area contributed by atoms with Gasteiger partial charge in [0.05, 0.1) is 25.3 Å². The van der Waals surface area contributed by atoms with E-state index >= 15 is 0 Å². The molecule has 4 N–H and O–H groups in total. The third-order valence-electron chi connectivity index (χ3n) is 2.22. The first-order chi connectivity index (χ1) is 7.65. The summed E-state index contributed by atoms with van der Waals surface area (Å²) in [7, 11) is 3.11. The average Bonchev–Trinajstić information content (AvgIpc) is 2.29. The Morgan fingerprint density at radius 3 is 1.56 bits per heavy atom. The van der Waals surface area contributed by atoms with Crippen LogP contribution in [0.25, 0.3) is 11.0 Å². The fraction of sp³-hybridized carbons (Fsp3) is 0.200. The Kier molecular flexibility index (Phi) is 2.40. The van der Waals surface area contributed by atoms with Gasteiger partial charge in [-0.1, -0.05) is 0 Å². The number of anilines is 2. The second kappa shape index (κ2) is 3.73. The lowest BCUT2D eigenvalue weighted by Crippen LogP contribution is -2.02. The van der Waals surface area contributed by atoms with E-state index in [9.17, 15) is 0 Å². The van der Waals surface area contributed by atoms with Crippen molar-refractivity contribution in [3.8, 4) is 11.5 Å². The first-order valence-electron chi connectivity index (χ1n) is 4.60. The number of methoxy groups -OCH3 is 2. The Labute approximate surface area is 92.2 Å². The van der Waals surface area contributed by atoms with Crippen molar-refractivity contribution >= 4 is 22.7 Å². The first-order valence-corrected chi connectivity index (χ1v) is 4.60. The van der Waals surface area contributed by atoms with Gasteiger partial charge in [0.15, 0.2) is 23.1 Å². The zero-order chi connectivity index (χ0) is 11.7. The van der Waals surface area contributed by atoms with Gasteiger partial charge in [0.1, 0.15) is 0 Å². The van der Waals surface area contributed by atoms with Crippen molar-refractivity contribution in [3.05, 3.63) is 12.1 Å². The largest absolute Gasteiger partial charge is 0.493 e. The van der Waals surface area contributed by atoms with Crippen LogP contribution in [0.5, 0.6) is 11.5 Å². The van der Waals surface area contributed by atoms with Gasteiger partial charge < -0.3 is 20.9 Å². The summed E-state index contributed by atoms with van der Waals surface area (Å²) in [6.45, 7) is 0. The topological polar surface area (TPSA) is 96.3 Å². The van der Waals surface area contributed by atoms with Gasteiger partial charge in [0.2, 0.25) is 0 Å². The molecular formula is C10H12N4O2. The minimum Gasteiger partial charge on any atom is -0.493 e. The van der Waals surface area contributed by atoms with Crippen LogP contribution >= 0.6 is 0 Å². The molecule has 16 heavy (non-hydrogen) atoms. The maximum absolute atomic E-state index is 5.58. The highest BCUT2D eigenvalue weighted by Gasteiger charge is 2.09. The number of fused-ring (bicyclic) bond motifs is 1. The highest BCUT2D eigenvalue weighted by molar-refractivity contribution is 5.82. The molecule has 0 amide bonds. The van der Waals surface area contributed by atoms with E-state index in [2.05, 4.69) is 9.97 Å². The third kappa shape index (κ3) is 1.54. The third-order valence-corrected chi connectivity index (χ3v) is 2.22. The zero-order valence-electron chi connectivity index (χ0n) is 9.02. The van der Waals surface area contributed by atoms with Gasteiger partial charge >= 0.3 is 0 Å². The summed E-state index contributed by atoms with van der Waals surface area (Å²) in [5.74, 6) is 1.57. The molecule has 2 rings (SSSR count). The summed E-state index contributed by atoms with van der Waals surface area (Å²) in [6.07, 6.45) is 0. The van der Waals surface area contributed by atoms with Crippen LogP contribution in [0, 0.1) is 0 Å². The fourth-order valence-electron chi connectivity index (χ4n) is 1.41. The summed E-state index contributed by atoms with van der Waals surface area (Å²) < 4.78 is 10.3. The van der Waals surface area contributed by atoms with E-state index in [1.165, 1.54) is 0 Å². The van der Waals surface area contributed by atoms with E-state index in [0.717, 1.165) is 0 Å². The number of ether oxygens (including phenoxy) is 2. The Hall–Kier alpha value is -2.24. The van der Waals surface area contributed by atoms with E-state index in [0.29, 0.717) is 22.5 Å². The molecule has 0 aliphatic carbocycles. The molecule has 0 saturated heterocycles. The number of nitrogens with zero attached hydrogens (tertiary/aromatic N) is 2. The second-order valence-corrected chi connectivity index (χ2v) is 3.19. The molecule has 6 heteroatoms. The molecule has 6 nitrogen and oxygen atoms in total. The molecule has 0 bridgehead atoms. The van der Waals surface area contributed by atoms with E-state index < -0.39 is 0 Å². The fourth-order valence-corrected chi connectivity index (χ4v) is 1.41. The number of hydrogen-bond acceptors (Lipinski definition) is 6. The molecule has 0 unspecified atom stereocenters. The molecule has 84 valence electrons. The van der Waals surface area contributed by atoms with Crippen LogP contribution in [0.3, 0.4) is 0 Å². The summed E-state index contributed by atoms with van der Waals surface area (Å²) >= 11 is 0. The molecule has 1 aromatic heterocycles. The minimum absolute atomic E-state index is 0.208. The van der Waals surface area contributed by atoms with Crippen molar-refractivity contribution in [2.75, 3.05) is 25.7 Å². The smallest absolute Gasteiger partial charge is 0.166 e. The number of nitrogens with two attached hydrogens (primary N) is 2. The van der Waals surface area contributed by atoms with Crippen molar-refractivity contribution in [2.45, 2.75) is 0 Å². The van der Waals surface area contributed by atoms with Gasteiger partial charge in [-0.15, -0.1) is 0 Å². The van der Waals surface area contributed by atoms with Gasteiger partial charge in [-0.3, -0.25) is 0 Å². The van der Waals surface area contributed by atoms with Gasteiger partial charge in [-0.25, -0.2) is 9.97 Å². The standard InChI is InChI=1S/C10H12N4O2/c1-15-7-3-5-6(4-8(7)16-2)14-10(12)9(11)13-5/h3-4H,1-2H3,(H2,11,13)(H2,12,14). The van der Waals surface area contributed by atoms with Gasteiger partial charge in [-0.2, -0.15) is 0 Å². The molecule has 0 atom stereocenters. The van der Waals surface area contributed by atoms with Crippen molar-refractivity contribution < 1.29 is 9.47 Å². The second-order valence-electron chi connectivity index (χ2n) is 3.19. The number of hydrogen-bond donors (Lipinski definition) is 2. The average molecular weight is 220 g/mol. The predicted molar refractivity (Wildman–Crippen MR) is 61.5 cm³/mol. The van der Waals surface area contributed by atoms with Crippen LogP contribution < -0.4 is 20.9 Å². The number of rotatable bonds is 2. The lowest BCUT2D eigenvalue weighted by molar-refractivity contribution is 0.355. The molecule has 2 aromatic rings. The lowest BCUT2D eigenvalue weighted by atomic mass is 10.2. The summed E-state index contributed by atoms with van der Waals surface area (Å²) in [6, 6.07) is 3.41. The van der Waals surface area contributed by atoms with Crippen molar-refractivity contribution in [1.29, 1.82) is 0 Å². The van der Waals surface area contributed by atoms with Crippen molar-refractivity contribution in [1.82, 2.24) is 9.97 Å². The van der Waals surface area contributed by atoms with E-state index in [1.807, 2.05) is 0 Å². The molecule has 0 aliphatic heterocycles. The van der Waals surface area contributed by atoms with E-state index in [-0.39, 0.29) is 11.6 Å². The Morgan fingerprint density at radius 2 is 1.25 bits per heavy atom. The highest BCUT2D eigenvalue weighted by Crippen LogP contribution is 2.31. The maximum atomic E-state index is 5.58. The Balaban J connectivity index is 2.73. The normalized spacial score (nSPS) is 10.4. The van der Waals surface area contributed by atoms with Crippen LogP contribution in [0.15, 0.2) is 12.1 Å². The van der Waals surface area contributed by atoms with Crippen LogP contribution in [-0.4, -0.2) is 24.2 Å². The predicted octanol–water partition coefficient (Wildman–Crippen LogP) is 0.811. The zero-order valence-corrected chi connectivity index (χ0v) is 9.02. The quantitative estimate of drug-likeness (QED) is 0.777. The molecular weight excluding hydrogens is 208 g/mol. The maximum Gasteiger partial charge on any atom is 0.166 e. The SMILES string of the molecule is COc1cc2nc(N)c(N)nc2cc1OC. The van der Waals surface area contributed by atoms with Crippen LogP contribution in [0.1, 0.15) is 0 Å². The number of aromatic nitrogens is 2. The molecule has 0 spiro atoms. The number of benzene rings is 1.